The third kappa shape index (κ3) is 2.81. The Morgan fingerprint density at radius 3 is 2.19 bits per heavy atom. The standard InChI is InChI=1S/C21H18N2O3/c24-19(14-7-2-1-3-8-14)22-15-9-6-10-16(13-15)23-20(25)17-11-4-5-12-18(17)21(23)26/h1-10,13,17-18H,11-12H2,(H,22,24). The first-order chi connectivity index (χ1) is 12.6. The van der Waals surface area contributed by atoms with Crippen molar-refractivity contribution in [3.8, 4) is 0 Å². The normalized spacial score (nSPS) is 21.6. The molecule has 4 rings (SSSR count). The van der Waals surface area contributed by atoms with Crippen LogP contribution < -0.4 is 10.2 Å². The van der Waals surface area contributed by atoms with Crippen LogP contribution in [0.15, 0.2) is 66.7 Å². The summed E-state index contributed by atoms with van der Waals surface area (Å²) < 4.78 is 0. The number of imide groups is 1. The molecule has 0 aromatic heterocycles. The molecule has 130 valence electrons. The highest BCUT2D eigenvalue weighted by atomic mass is 16.2. The number of nitrogens with one attached hydrogen (secondary N) is 1. The summed E-state index contributed by atoms with van der Waals surface area (Å²) in [6.45, 7) is 0. The van der Waals surface area contributed by atoms with Gasteiger partial charge in [-0.2, -0.15) is 0 Å². The number of carbonyl (C=O) groups excluding carboxylic acids is 3. The van der Waals surface area contributed by atoms with Crippen molar-refractivity contribution in [2.75, 3.05) is 10.2 Å². The molecule has 26 heavy (non-hydrogen) atoms. The molecule has 0 spiro atoms. The SMILES string of the molecule is O=C(Nc1cccc(N2C(=O)C3CC=CCC3C2=O)c1)c1ccccc1. The van der Waals surface area contributed by atoms with Crippen molar-refractivity contribution in [1.82, 2.24) is 0 Å². The van der Waals surface area contributed by atoms with Crippen LogP contribution in [0, 0.1) is 11.8 Å². The number of carbonyl (C=O) groups is 3. The van der Waals surface area contributed by atoms with Crippen LogP contribution in [0.1, 0.15) is 23.2 Å². The molecule has 1 N–H and O–H groups in total. The van der Waals surface area contributed by atoms with Crippen LogP contribution in [0.25, 0.3) is 0 Å². The van der Waals surface area contributed by atoms with Gasteiger partial charge in [-0.15, -0.1) is 0 Å². The van der Waals surface area contributed by atoms with Crippen molar-refractivity contribution >= 4 is 29.1 Å². The highest BCUT2D eigenvalue weighted by Gasteiger charge is 2.47. The van der Waals surface area contributed by atoms with Gasteiger partial charge in [0, 0.05) is 11.3 Å². The maximum absolute atomic E-state index is 12.7. The molecule has 2 aromatic rings. The fourth-order valence-corrected chi connectivity index (χ4v) is 3.57. The number of hydrogen-bond donors (Lipinski definition) is 1. The van der Waals surface area contributed by atoms with Crippen LogP contribution >= 0.6 is 0 Å². The number of nitrogens with zero attached hydrogens (tertiary/aromatic N) is 1. The molecule has 2 unspecified atom stereocenters. The molecule has 0 saturated carbocycles. The molecule has 1 saturated heterocycles. The second-order valence-corrected chi connectivity index (χ2v) is 6.54. The minimum absolute atomic E-state index is 0.157. The van der Waals surface area contributed by atoms with Crippen molar-refractivity contribution in [2.45, 2.75) is 12.8 Å². The quantitative estimate of drug-likeness (QED) is 0.684. The zero-order chi connectivity index (χ0) is 18.1. The summed E-state index contributed by atoms with van der Waals surface area (Å²) in [4.78, 5) is 39.0. The Morgan fingerprint density at radius 2 is 1.54 bits per heavy atom. The van der Waals surface area contributed by atoms with Gasteiger partial charge in [-0.05, 0) is 43.2 Å². The van der Waals surface area contributed by atoms with E-state index >= 15 is 0 Å². The third-order valence-corrected chi connectivity index (χ3v) is 4.91. The lowest BCUT2D eigenvalue weighted by molar-refractivity contribution is -0.122. The molecule has 3 amide bonds. The fraction of sp³-hybridized carbons (Fsp3) is 0.190. The van der Waals surface area contributed by atoms with Crippen molar-refractivity contribution in [2.24, 2.45) is 11.8 Å². The maximum Gasteiger partial charge on any atom is 0.255 e. The molecule has 5 nitrogen and oxygen atoms in total. The Kier molecular flexibility index (Phi) is 4.13. The van der Waals surface area contributed by atoms with E-state index in [0.717, 1.165) is 0 Å². The second-order valence-electron chi connectivity index (χ2n) is 6.54. The summed E-state index contributed by atoms with van der Waals surface area (Å²) in [6.07, 6.45) is 5.14. The minimum Gasteiger partial charge on any atom is -0.322 e. The molecular formula is C21H18N2O3. The van der Waals surface area contributed by atoms with Gasteiger partial charge in [0.1, 0.15) is 0 Å². The number of rotatable bonds is 3. The Hall–Kier alpha value is -3.21. The Bertz CT molecular complexity index is 878. The van der Waals surface area contributed by atoms with Crippen LogP contribution in [-0.4, -0.2) is 17.7 Å². The molecule has 1 aliphatic carbocycles. The highest BCUT2D eigenvalue weighted by Crippen LogP contribution is 2.38. The third-order valence-electron chi connectivity index (χ3n) is 4.91. The summed E-state index contributed by atoms with van der Waals surface area (Å²) in [6, 6.07) is 15.7. The lowest BCUT2D eigenvalue weighted by Crippen LogP contribution is -2.30. The lowest BCUT2D eigenvalue weighted by atomic mass is 9.85. The lowest BCUT2D eigenvalue weighted by Gasteiger charge is -2.16. The monoisotopic (exact) mass is 346 g/mol. The van der Waals surface area contributed by atoms with Gasteiger partial charge in [-0.25, -0.2) is 4.90 Å². The predicted octanol–water partition coefficient (Wildman–Crippen LogP) is 3.39. The number of allylic oxidation sites excluding steroid dienone is 2. The van der Waals surface area contributed by atoms with Gasteiger partial charge in [-0.1, -0.05) is 36.4 Å². The molecule has 2 aliphatic rings. The van der Waals surface area contributed by atoms with Crippen LogP contribution in [-0.2, 0) is 9.59 Å². The van der Waals surface area contributed by atoms with Gasteiger partial charge in [0.15, 0.2) is 0 Å². The highest BCUT2D eigenvalue weighted by molar-refractivity contribution is 6.22. The van der Waals surface area contributed by atoms with E-state index < -0.39 is 0 Å². The molecule has 1 aliphatic heterocycles. The van der Waals surface area contributed by atoms with Gasteiger partial charge in [0.2, 0.25) is 11.8 Å². The summed E-state index contributed by atoms with van der Waals surface area (Å²) in [5.41, 5.74) is 1.59. The van der Waals surface area contributed by atoms with Gasteiger partial charge < -0.3 is 5.32 Å². The number of hydrogen-bond acceptors (Lipinski definition) is 3. The van der Waals surface area contributed by atoms with Crippen LogP contribution in [0.3, 0.4) is 0 Å². The topological polar surface area (TPSA) is 66.5 Å². The number of benzene rings is 2. The van der Waals surface area contributed by atoms with Gasteiger partial charge in [-0.3, -0.25) is 14.4 Å². The van der Waals surface area contributed by atoms with Crippen LogP contribution in [0.5, 0.6) is 0 Å². The molecule has 1 fully saturated rings. The van der Waals surface area contributed by atoms with Crippen LogP contribution in [0.2, 0.25) is 0 Å². The number of amides is 3. The summed E-state index contributed by atoms with van der Waals surface area (Å²) in [7, 11) is 0. The van der Waals surface area contributed by atoms with Crippen LogP contribution in [0.4, 0.5) is 11.4 Å². The molecule has 2 atom stereocenters. The Labute approximate surface area is 151 Å². The molecule has 0 bridgehead atoms. The average Bonchev–Trinajstić information content (AvgIpc) is 2.94. The summed E-state index contributed by atoms with van der Waals surface area (Å²) >= 11 is 0. The molecule has 1 heterocycles. The second kappa shape index (κ2) is 6.59. The van der Waals surface area contributed by atoms with Crippen molar-refractivity contribution in [1.29, 1.82) is 0 Å². The van der Waals surface area contributed by atoms with Crippen molar-refractivity contribution in [3.05, 3.63) is 72.3 Å². The first-order valence-electron chi connectivity index (χ1n) is 8.64. The van der Waals surface area contributed by atoms with Gasteiger partial charge in [0.05, 0.1) is 17.5 Å². The van der Waals surface area contributed by atoms with E-state index in [1.54, 1.807) is 48.5 Å². The van der Waals surface area contributed by atoms with Crippen molar-refractivity contribution in [3.63, 3.8) is 0 Å². The minimum atomic E-state index is -0.268. The van der Waals surface area contributed by atoms with E-state index in [9.17, 15) is 14.4 Å². The van der Waals surface area contributed by atoms with E-state index in [1.165, 1.54) is 4.90 Å². The van der Waals surface area contributed by atoms with E-state index in [2.05, 4.69) is 5.32 Å². The largest absolute Gasteiger partial charge is 0.322 e. The molecule has 5 heteroatoms. The van der Waals surface area contributed by atoms with E-state index in [4.69, 9.17) is 0 Å². The summed E-state index contributed by atoms with van der Waals surface area (Å²) in [5.74, 6) is -1.09. The zero-order valence-electron chi connectivity index (χ0n) is 14.1. The van der Waals surface area contributed by atoms with E-state index in [0.29, 0.717) is 29.8 Å². The fourth-order valence-electron chi connectivity index (χ4n) is 3.57. The molecule has 0 radical (unpaired) electrons. The predicted molar refractivity (Wildman–Crippen MR) is 98.7 cm³/mol. The number of fused-ring (bicyclic) bond motifs is 1. The first kappa shape index (κ1) is 16.3. The molecular weight excluding hydrogens is 328 g/mol. The van der Waals surface area contributed by atoms with Gasteiger partial charge in [0.25, 0.3) is 5.91 Å². The smallest absolute Gasteiger partial charge is 0.255 e. The molecule has 2 aromatic carbocycles. The Morgan fingerprint density at radius 1 is 0.885 bits per heavy atom. The van der Waals surface area contributed by atoms with Crippen molar-refractivity contribution < 1.29 is 14.4 Å². The van der Waals surface area contributed by atoms with E-state index in [-0.39, 0.29) is 29.6 Å². The number of anilines is 2. The average molecular weight is 346 g/mol. The maximum atomic E-state index is 12.7. The van der Waals surface area contributed by atoms with Gasteiger partial charge >= 0.3 is 0 Å². The van der Waals surface area contributed by atoms with E-state index in [1.807, 2.05) is 18.2 Å². The summed E-state index contributed by atoms with van der Waals surface area (Å²) in [5, 5.41) is 2.81. The Balaban J connectivity index is 1.57. The zero-order valence-corrected chi connectivity index (χ0v) is 14.1. The first-order valence-corrected chi connectivity index (χ1v) is 8.64.